The highest BCUT2D eigenvalue weighted by molar-refractivity contribution is 7.81. The van der Waals surface area contributed by atoms with E-state index in [1.54, 1.807) is 6.20 Å². The normalized spacial score (nSPS) is 11.7. The first-order valence-electron chi connectivity index (χ1n) is 3.86. The van der Waals surface area contributed by atoms with E-state index in [4.69, 9.17) is 5.73 Å². The molecule has 0 aliphatic rings. The van der Waals surface area contributed by atoms with Crippen LogP contribution in [0.15, 0.2) is 12.3 Å². The van der Waals surface area contributed by atoms with Gasteiger partial charge in [-0.2, -0.15) is 12.6 Å². The van der Waals surface area contributed by atoms with E-state index >= 15 is 0 Å². The molecule has 0 aliphatic heterocycles. The van der Waals surface area contributed by atoms with Crippen LogP contribution in [0, 0.1) is 6.92 Å². The predicted octanol–water partition coefficient (Wildman–Crippen LogP) is 2.14. The van der Waals surface area contributed by atoms with E-state index in [2.05, 4.69) is 17.6 Å². The number of nitrogen functional groups attached to an aromatic ring is 1. The van der Waals surface area contributed by atoms with Gasteiger partial charge in [-0.05, 0) is 38.0 Å². The number of anilines is 1. The van der Waals surface area contributed by atoms with Crippen molar-refractivity contribution in [2.24, 2.45) is 0 Å². The maximum Gasteiger partial charge on any atom is 0.126 e. The second-order valence-electron chi connectivity index (χ2n) is 3.49. The molecular formula is C9H14N2S. The molecule has 1 aromatic rings. The fraction of sp³-hybridized carbons (Fsp3) is 0.444. The van der Waals surface area contributed by atoms with Crippen molar-refractivity contribution in [3.05, 3.63) is 23.4 Å². The second-order valence-corrected chi connectivity index (χ2v) is 4.60. The van der Waals surface area contributed by atoms with Crippen molar-refractivity contribution in [2.45, 2.75) is 25.5 Å². The third-order valence-corrected chi connectivity index (χ3v) is 2.08. The number of hydrogen-bond acceptors (Lipinski definition) is 3. The van der Waals surface area contributed by atoms with E-state index in [1.807, 2.05) is 26.8 Å². The van der Waals surface area contributed by atoms with Crippen molar-refractivity contribution in [2.75, 3.05) is 5.73 Å². The summed E-state index contributed by atoms with van der Waals surface area (Å²) in [6.07, 6.45) is 1.77. The van der Waals surface area contributed by atoms with Gasteiger partial charge < -0.3 is 5.73 Å². The molecule has 2 N–H and O–H groups in total. The third-order valence-electron chi connectivity index (χ3n) is 1.83. The molecule has 0 aliphatic carbocycles. The first-order chi connectivity index (χ1) is 5.41. The molecule has 1 rings (SSSR count). The molecule has 2 nitrogen and oxygen atoms in total. The molecule has 1 aromatic heterocycles. The highest BCUT2D eigenvalue weighted by Crippen LogP contribution is 2.27. The van der Waals surface area contributed by atoms with Gasteiger partial charge in [0, 0.05) is 10.9 Å². The number of aromatic nitrogens is 1. The van der Waals surface area contributed by atoms with Gasteiger partial charge in [-0.3, -0.25) is 0 Å². The number of nitrogens with zero attached hydrogens (tertiary/aromatic N) is 1. The molecule has 66 valence electrons. The average molecular weight is 182 g/mol. The highest BCUT2D eigenvalue weighted by atomic mass is 32.1. The van der Waals surface area contributed by atoms with Crippen LogP contribution in [-0.2, 0) is 4.75 Å². The smallest absolute Gasteiger partial charge is 0.126 e. The summed E-state index contributed by atoms with van der Waals surface area (Å²) in [5, 5.41) is 0. The number of rotatable bonds is 1. The Balaban J connectivity index is 3.14. The van der Waals surface area contributed by atoms with Gasteiger partial charge >= 0.3 is 0 Å². The van der Waals surface area contributed by atoms with Crippen LogP contribution in [0.25, 0.3) is 0 Å². The molecule has 0 unspecified atom stereocenters. The Morgan fingerprint density at radius 3 is 2.50 bits per heavy atom. The largest absolute Gasteiger partial charge is 0.383 e. The SMILES string of the molecule is Cc1cc(C(C)(C)S)cnc1N. The zero-order valence-corrected chi connectivity index (χ0v) is 8.52. The summed E-state index contributed by atoms with van der Waals surface area (Å²) >= 11 is 4.44. The number of nitrogens with two attached hydrogens (primary N) is 1. The summed E-state index contributed by atoms with van der Waals surface area (Å²) < 4.78 is -0.147. The van der Waals surface area contributed by atoms with E-state index in [0.29, 0.717) is 5.82 Å². The molecule has 0 bridgehead atoms. The fourth-order valence-electron chi connectivity index (χ4n) is 0.920. The molecule has 1 heterocycles. The summed E-state index contributed by atoms with van der Waals surface area (Å²) in [4.78, 5) is 4.07. The molecule has 0 saturated heterocycles. The van der Waals surface area contributed by atoms with Crippen LogP contribution in [0.2, 0.25) is 0 Å². The number of thiol groups is 1. The van der Waals surface area contributed by atoms with Crippen molar-refractivity contribution in [1.29, 1.82) is 0 Å². The molecule has 0 atom stereocenters. The monoisotopic (exact) mass is 182 g/mol. The minimum atomic E-state index is -0.147. The van der Waals surface area contributed by atoms with Crippen LogP contribution in [0.5, 0.6) is 0 Å². The van der Waals surface area contributed by atoms with Crippen LogP contribution >= 0.6 is 12.6 Å². The van der Waals surface area contributed by atoms with Crippen molar-refractivity contribution >= 4 is 18.4 Å². The maximum absolute atomic E-state index is 5.60. The van der Waals surface area contributed by atoms with Gasteiger partial charge in [0.1, 0.15) is 5.82 Å². The Bertz CT molecular complexity index is 289. The zero-order valence-electron chi connectivity index (χ0n) is 7.63. The molecule has 0 aromatic carbocycles. The predicted molar refractivity (Wildman–Crippen MR) is 55.4 cm³/mol. The first-order valence-corrected chi connectivity index (χ1v) is 4.31. The van der Waals surface area contributed by atoms with Crippen LogP contribution < -0.4 is 5.73 Å². The summed E-state index contributed by atoms with van der Waals surface area (Å²) in [7, 11) is 0. The Morgan fingerprint density at radius 1 is 1.50 bits per heavy atom. The zero-order chi connectivity index (χ0) is 9.35. The van der Waals surface area contributed by atoms with Crippen LogP contribution in [0.1, 0.15) is 25.0 Å². The van der Waals surface area contributed by atoms with Gasteiger partial charge in [0.05, 0.1) is 0 Å². The standard InChI is InChI=1S/C9H14N2S/c1-6-4-7(9(2,3)12)5-11-8(6)10/h4-5,12H,1-3H3,(H2,10,11). The van der Waals surface area contributed by atoms with E-state index < -0.39 is 0 Å². The first kappa shape index (κ1) is 9.39. The number of aryl methyl sites for hydroxylation is 1. The quantitative estimate of drug-likeness (QED) is 0.653. The van der Waals surface area contributed by atoms with Gasteiger partial charge in [0.15, 0.2) is 0 Å². The maximum atomic E-state index is 5.60. The molecule has 0 amide bonds. The second kappa shape index (κ2) is 2.98. The van der Waals surface area contributed by atoms with Gasteiger partial charge in [-0.1, -0.05) is 0 Å². The van der Waals surface area contributed by atoms with Crippen LogP contribution in [0.3, 0.4) is 0 Å². The Morgan fingerprint density at radius 2 is 2.08 bits per heavy atom. The third kappa shape index (κ3) is 1.91. The lowest BCUT2D eigenvalue weighted by Crippen LogP contribution is -2.09. The summed E-state index contributed by atoms with van der Waals surface area (Å²) in [5.74, 6) is 0.594. The van der Waals surface area contributed by atoms with Gasteiger partial charge in [-0.25, -0.2) is 4.98 Å². The van der Waals surface area contributed by atoms with Gasteiger partial charge in [0.25, 0.3) is 0 Å². The van der Waals surface area contributed by atoms with E-state index in [-0.39, 0.29) is 4.75 Å². The summed E-state index contributed by atoms with van der Waals surface area (Å²) in [6, 6.07) is 2.02. The van der Waals surface area contributed by atoms with Gasteiger partial charge in [0.2, 0.25) is 0 Å². The van der Waals surface area contributed by atoms with Crippen LogP contribution in [0.4, 0.5) is 5.82 Å². The van der Waals surface area contributed by atoms with Gasteiger partial charge in [-0.15, -0.1) is 0 Å². The number of pyridine rings is 1. The van der Waals surface area contributed by atoms with E-state index in [9.17, 15) is 0 Å². The lowest BCUT2D eigenvalue weighted by Gasteiger charge is -2.18. The summed E-state index contributed by atoms with van der Waals surface area (Å²) in [6.45, 7) is 6.01. The molecule has 0 radical (unpaired) electrons. The van der Waals surface area contributed by atoms with E-state index in [1.165, 1.54) is 0 Å². The molecule has 0 saturated carbocycles. The molecule has 0 fully saturated rings. The number of hydrogen-bond donors (Lipinski definition) is 2. The minimum Gasteiger partial charge on any atom is -0.383 e. The van der Waals surface area contributed by atoms with E-state index in [0.717, 1.165) is 11.1 Å². The topological polar surface area (TPSA) is 38.9 Å². The molecule has 0 spiro atoms. The minimum absolute atomic E-state index is 0.147. The lowest BCUT2D eigenvalue weighted by atomic mass is 10.0. The average Bonchev–Trinajstić information content (AvgIpc) is 1.92. The Hall–Kier alpha value is -0.700. The van der Waals surface area contributed by atoms with Crippen molar-refractivity contribution in [3.63, 3.8) is 0 Å². The van der Waals surface area contributed by atoms with Crippen molar-refractivity contribution < 1.29 is 0 Å². The molecular weight excluding hydrogens is 168 g/mol. The Kier molecular flexibility index (Phi) is 2.33. The molecule has 12 heavy (non-hydrogen) atoms. The Labute approximate surface area is 78.6 Å². The lowest BCUT2D eigenvalue weighted by molar-refractivity contribution is 0.784. The van der Waals surface area contributed by atoms with Crippen molar-refractivity contribution in [3.8, 4) is 0 Å². The fourth-order valence-corrected chi connectivity index (χ4v) is 1.04. The van der Waals surface area contributed by atoms with Crippen molar-refractivity contribution in [1.82, 2.24) is 4.98 Å². The summed E-state index contributed by atoms with van der Waals surface area (Å²) in [5.41, 5.74) is 7.70. The van der Waals surface area contributed by atoms with Crippen LogP contribution in [-0.4, -0.2) is 4.98 Å². The highest BCUT2D eigenvalue weighted by Gasteiger charge is 2.15. The molecule has 3 heteroatoms.